The Morgan fingerprint density at radius 1 is 1.17 bits per heavy atom. The summed E-state index contributed by atoms with van der Waals surface area (Å²) in [7, 11) is 0. The largest absolute Gasteiger partial charge is 0.486 e. The van der Waals surface area contributed by atoms with E-state index in [0.717, 1.165) is 36.0 Å². The summed E-state index contributed by atoms with van der Waals surface area (Å²) >= 11 is 3.60. The Labute approximate surface area is 150 Å². The van der Waals surface area contributed by atoms with Crippen LogP contribution in [-0.2, 0) is 13.0 Å². The van der Waals surface area contributed by atoms with E-state index in [1.807, 2.05) is 6.07 Å². The van der Waals surface area contributed by atoms with Crippen LogP contribution < -0.4 is 4.74 Å². The van der Waals surface area contributed by atoms with Gasteiger partial charge in [-0.1, -0.05) is 28.1 Å². The first-order chi connectivity index (χ1) is 11.4. The van der Waals surface area contributed by atoms with E-state index in [4.69, 9.17) is 4.74 Å². The highest BCUT2D eigenvalue weighted by Gasteiger charge is 2.35. The van der Waals surface area contributed by atoms with E-state index in [2.05, 4.69) is 52.9 Å². The normalized spacial score (nSPS) is 22.4. The van der Waals surface area contributed by atoms with E-state index in [-0.39, 0.29) is 11.4 Å². The average molecular weight is 390 g/mol. The van der Waals surface area contributed by atoms with E-state index in [1.165, 1.54) is 23.3 Å². The van der Waals surface area contributed by atoms with Gasteiger partial charge in [-0.3, -0.25) is 4.90 Å². The molecule has 0 N–H and O–H groups in total. The number of halogens is 2. The molecule has 126 valence electrons. The first-order valence-corrected chi connectivity index (χ1v) is 9.20. The van der Waals surface area contributed by atoms with Gasteiger partial charge in [-0.15, -0.1) is 0 Å². The standard InChI is InChI=1S/C20H21BrFNO/c1-20(2)12-23(11-14-4-7-16(22)10-19(14)24-20)18-8-5-13-3-6-15(21)9-17(13)18/h3-4,6-7,9-10,18H,5,8,11-12H2,1-2H3. The molecule has 4 rings (SSSR count). The molecule has 0 fully saturated rings. The number of fused-ring (bicyclic) bond motifs is 2. The van der Waals surface area contributed by atoms with Crippen molar-refractivity contribution >= 4 is 15.9 Å². The van der Waals surface area contributed by atoms with Crippen LogP contribution in [0.5, 0.6) is 5.75 Å². The summed E-state index contributed by atoms with van der Waals surface area (Å²) in [5.74, 6) is 0.433. The van der Waals surface area contributed by atoms with Crippen molar-refractivity contribution in [2.45, 2.75) is 44.9 Å². The lowest BCUT2D eigenvalue weighted by Gasteiger charge is -2.33. The Balaban J connectivity index is 1.72. The van der Waals surface area contributed by atoms with Crippen LogP contribution in [-0.4, -0.2) is 17.0 Å². The van der Waals surface area contributed by atoms with Crippen LogP contribution >= 0.6 is 15.9 Å². The third kappa shape index (κ3) is 2.98. The maximum absolute atomic E-state index is 13.6. The number of hydrogen-bond donors (Lipinski definition) is 0. The van der Waals surface area contributed by atoms with Crippen molar-refractivity contribution in [3.05, 3.63) is 63.4 Å². The fraction of sp³-hybridized carbons (Fsp3) is 0.400. The summed E-state index contributed by atoms with van der Waals surface area (Å²) in [5.41, 5.74) is 3.55. The highest BCUT2D eigenvalue weighted by atomic mass is 79.9. The molecule has 1 aliphatic carbocycles. The van der Waals surface area contributed by atoms with Crippen LogP contribution in [0.2, 0.25) is 0 Å². The van der Waals surface area contributed by atoms with E-state index in [9.17, 15) is 4.39 Å². The van der Waals surface area contributed by atoms with Crippen molar-refractivity contribution in [3.8, 4) is 5.75 Å². The molecular formula is C20H21BrFNO. The lowest BCUT2D eigenvalue weighted by molar-refractivity contribution is 0.0520. The molecule has 24 heavy (non-hydrogen) atoms. The van der Waals surface area contributed by atoms with Crippen LogP contribution in [0.1, 0.15) is 43.0 Å². The van der Waals surface area contributed by atoms with Crippen molar-refractivity contribution in [2.24, 2.45) is 0 Å². The topological polar surface area (TPSA) is 12.5 Å². The first-order valence-electron chi connectivity index (χ1n) is 8.41. The summed E-state index contributed by atoms with van der Waals surface area (Å²) in [4.78, 5) is 2.49. The number of benzene rings is 2. The molecule has 4 heteroatoms. The van der Waals surface area contributed by atoms with Crippen molar-refractivity contribution in [1.82, 2.24) is 4.90 Å². The van der Waals surface area contributed by atoms with Crippen LogP contribution in [0.3, 0.4) is 0 Å². The fourth-order valence-corrected chi connectivity index (χ4v) is 4.38. The Morgan fingerprint density at radius 3 is 2.79 bits per heavy atom. The molecule has 1 heterocycles. The molecule has 0 radical (unpaired) electrons. The molecule has 0 saturated heterocycles. The Kier molecular flexibility index (Phi) is 3.92. The minimum absolute atomic E-state index is 0.242. The Hall–Kier alpha value is -1.39. The molecule has 0 spiro atoms. The summed E-state index contributed by atoms with van der Waals surface area (Å²) < 4.78 is 20.9. The van der Waals surface area contributed by atoms with Gasteiger partial charge >= 0.3 is 0 Å². The molecule has 1 aliphatic heterocycles. The van der Waals surface area contributed by atoms with Gasteiger partial charge in [-0.05, 0) is 56.0 Å². The lowest BCUT2D eigenvalue weighted by Crippen LogP contribution is -2.41. The van der Waals surface area contributed by atoms with Gasteiger partial charge in [0, 0.05) is 35.2 Å². The highest BCUT2D eigenvalue weighted by Crippen LogP contribution is 2.41. The van der Waals surface area contributed by atoms with Gasteiger partial charge in [0.05, 0.1) is 0 Å². The number of ether oxygens (including phenoxy) is 1. The van der Waals surface area contributed by atoms with Crippen LogP contribution in [0.15, 0.2) is 40.9 Å². The number of hydrogen-bond acceptors (Lipinski definition) is 2. The SMILES string of the molecule is CC1(C)CN(C2CCc3ccc(Br)cc32)Cc2ccc(F)cc2O1. The van der Waals surface area contributed by atoms with Gasteiger partial charge in [-0.2, -0.15) is 0 Å². The quantitative estimate of drug-likeness (QED) is 0.660. The molecule has 1 unspecified atom stereocenters. The molecular weight excluding hydrogens is 369 g/mol. The predicted molar refractivity (Wildman–Crippen MR) is 96.7 cm³/mol. The molecule has 2 aromatic carbocycles. The van der Waals surface area contributed by atoms with Gasteiger partial charge in [0.1, 0.15) is 17.2 Å². The third-order valence-corrected chi connectivity index (χ3v) is 5.46. The van der Waals surface area contributed by atoms with Gasteiger partial charge < -0.3 is 4.74 Å². The molecule has 2 nitrogen and oxygen atoms in total. The second-order valence-electron chi connectivity index (χ2n) is 7.42. The molecule has 0 amide bonds. The predicted octanol–water partition coefficient (Wildman–Crippen LogP) is 5.25. The molecule has 2 aromatic rings. The Bertz CT molecular complexity index is 789. The summed E-state index contributed by atoms with van der Waals surface area (Å²) in [6.45, 7) is 5.77. The summed E-state index contributed by atoms with van der Waals surface area (Å²) in [6, 6.07) is 11.9. The van der Waals surface area contributed by atoms with Gasteiger partial charge in [0.2, 0.25) is 0 Å². The molecule has 1 atom stereocenters. The molecule has 0 bridgehead atoms. The zero-order chi connectivity index (χ0) is 16.9. The maximum atomic E-state index is 13.6. The van der Waals surface area contributed by atoms with E-state index in [1.54, 1.807) is 0 Å². The number of aryl methyl sites for hydroxylation is 1. The molecule has 0 saturated carbocycles. The van der Waals surface area contributed by atoms with E-state index in [0.29, 0.717) is 11.8 Å². The minimum Gasteiger partial charge on any atom is -0.486 e. The smallest absolute Gasteiger partial charge is 0.127 e. The summed E-state index contributed by atoms with van der Waals surface area (Å²) in [6.07, 6.45) is 2.24. The van der Waals surface area contributed by atoms with Crippen molar-refractivity contribution in [1.29, 1.82) is 0 Å². The zero-order valence-corrected chi connectivity index (χ0v) is 15.6. The van der Waals surface area contributed by atoms with E-state index < -0.39 is 0 Å². The number of rotatable bonds is 1. The maximum Gasteiger partial charge on any atom is 0.127 e. The highest BCUT2D eigenvalue weighted by molar-refractivity contribution is 9.10. The monoisotopic (exact) mass is 389 g/mol. The molecule has 2 aliphatic rings. The average Bonchev–Trinajstić information content (AvgIpc) is 2.85. The minimum atomic E-state index is -0.353. The van der Waals surface area contributed by atoms with Crippen molar-refractivity contribution < 1.29 is 9.13 Å². The first kappa shape index (κ1) is 16.1. The summed E-state index contributed by atoms with van der Waals surface area (Å²) in [5, 5.41) is 0. The second-order valence-corrected chi connectivity index (χ2v) is 8.33. The van der Waals surface area contributed by atoms with Gasteiger partial charge in [0.15, 0.2) is 0 Å². The Morgan fingerprint density at radius 2 is 1.96 bits per heavy atom. The van der Waals surface area contributed by atoms with Crippen LogP contribution in [0, 0.1) is 5.82 Å². The van der Waals surface area contributed by atoms with Crippen molar-refractivity contribution in [3.63, 3.8) is 0 Å². The van der Waals surface area contributed by atoms with Crippen LogP contribution in [0.4, 0.5) is 4.39 Å². The second kappa shape index (κ2) is 5.85. The van der Waals surface area contributed by atoms with Crippen molar-refractivity contribution in [2.75, 3.05) is 6.54 Å². The van der Waals surface area contributed by atoms with E-state index >= 15 is 0 Å². The zero-order valence-electron chi connectivity index (χ0n) is 14.0. The fourth-order valence-electron chi connectivity index (χ4n) is 4.00. The third-order valence-electron chi connectivity index (χ3n) is 4.97. The lowest BCUT2D eigenvalue weighted by atomic mass is 10.0. The van der Waals surface area contributed by atoms with Gasteiger partial charge in [-0.25, -0.2) is 4.39 Å². The molecule has 0 aromatic heterocycles. The number of nitrogens with zero attached hydrogens (tertiary/aromatic N) is 1. The van der Waals surface area contributed by atoms with Gasteiger partial charge in [0.25, 0.3) is 0 Å². The van der Waals surface area contributed by atoms with Crippen LogP contribution in [0.25, 0.3) is 0 Å².